The molecule has 6 nitrogen and oxygen atoms in total. The molecule has 6 heteroatoms. The number of rotatable bonds is 3. The third-order valence-electron chi connectivity index (χ3n) is 12.3. The van der Waals surface area contributed by atoms with Crippen molar-refractivity contribution in [1.29, 1.82) is 0 Å². The Labute approximate surface area is 203 Å². The molecule has 4 aliphatic carbocycles. The van der Waals surface area contributed by atoms with Gasteiger partial charge in [0.2, 0.25) is 0 Å². The summed E-state index contributed by atoms with van der Waals surface area (Å²) in [5.74, 6) is 2.09. The summed E-state index contributed by atoms with van der Waals surface area (Å²) in [5, 5.41) is 21.7. The van der Waals surface area contributed by atoms with Crippen LogP contribution in [-0.2, 0) is 19.1 Å². The number of cyclic esters (lactones) is 1. The molecular weight excluding hydrogens is 432 g/mol. The van der Waals surface area contributed by atoms with Gasteiger partial charge in [-0.2, -0.15) is 0 Å². The number of aliphatic hydroxyl groups excluding tert-OH is 2. The van der Waals surface area contributed by atoms with Gasteiger partial charge >= 0.3 is 5.97 Å². The van der Waals surface area contributed by atoms with Crippen molar-refractivity contribution in [3.63, 3.8) is 0 Å². The fourth-order valence-electron chi connectivity index (χ4n) is 10.2. The first-order chi connectivity index (χ1) is 16.1. The van der Waals surface area contributed by atoms with E-state index < -0.39 is 17.1 Å². The third kappa shape index (κ3) is 2.69. The zero-order valence-electron chi connectivity index (χ0n) is 21.2. The number of epoxide rings is 1. The van der Waals surface area contributed by atoms with Crippen LogP contribution >= 0.6 is 0 Å². The van der Waals surface area contributed by atoms with E-state index in [1.54, 1.807) is 0 Å². The Bertz CT molecular complexity index is 888. The lowest BCUT2D eigenvalue weighted by atomic mass is 9.43. The Morgan fingerprint density at radius 3 is 2.56 bits per heavy atom. The number of carbonyl (C=O) groups excluding carboxylic acids is 2. The topological polar surface area (TPSA) is 96.4 Å². The van der Waals surface area contributed by atoms with Crippen molar-refractivity contribution in [3.8, 4) is 0 Å². The van der Waals surface area contributed by atoms with Gasteiger partial charge in [-0.05, 0) is 85.9 Å². The van der Waals surface area contributed by atoms with E-state index in [1.165, 1.54) is 0 Å². The summed E-state index contributed by atoms with van der Waals surface area (Å²) in [4.78, 5) is 25.9. The average molecular weight is 475 g/mol. The number of aliphatic hydroxyl groups is 2. The first kappa shape index (κ1) is 23.4. The van der Waals surface area contributed by atoms with Crippen LogP contribution in [0.5, 0.6) is 0 Å². The lowest BCUT2D eigenvalue weighted by Gasteiger charge is -2.59. The molecule has 0 aromatic heterocycles. The smallest absolute Gasteiger partial charge is 0.309 e. The number of Topliss-reactive ketones (excluding diaryl/α,β-unsaturated/α-hetero) is 1. The molecule has 0 aromatic rings. The van der Waals surface area contributed by atoms with Crippen molar-refractivity contribution in [2.24, 2.45) is 52.3 Å². The Morgan fingerprint density at radius 2 is 1.85 bits per heavy atom. The van der Waals surface area contributed by atoms with Crippen LogP contribution in [-0.4, -0.2) is 52.5 Å². The maximum Gasteiger partial charge on any atom is 0.309 e. The Kier molecular flexibility index (Phi) is 5.18. The maximum absolute atomic E-state index is 13.5. The van der Waals surface area contributed by atoms with Crippen molar-refractivity contribution < 1.29 is 29.3 Å². The number of fused-ring (bicyclic) bond motifs is 4. The third-order valence-corrected chi connectivity index (χ3v) is 12.3. The molecule has 1 spiro atoms. The zero-order valence-corrected chi connectivity index (χ0v) is 21.2. The second-order valence-electron chi connectivity index (χ2n) is 13.2. The van der Waals surface area contributed by atoms with E-state index in [9.17, 15) is 19.8 Å². The van der Waals surface area contributed by atoms with Crippen molar-refractivity contribution >= 4 is 11.8 Å². The van der Waals surface area contributed by atoms with Crippen LogP contribution in [0.25, 0.3) is 0 Å². The van der Waals surface area contributed by atoms with Crippen molar-refractivity contribution in [3.05, 3.63) is 0 Å². The predicted molar refractivity (Wildman–Crippen MR) is 125 cm³/mol. The normalized spacial score (nSPS) is 57.1. The number of carbonyl (C=O) groups is 2. The second-order valence-corrected chi connectivity index (χ2v) is 13.2. The number of hydrogen-bond acceptors (Lipinski definition) is 6. The van der Waals surface area contributed by atoms with Gasteiger partial charge in [0.05, 0.1) is 30.1 Å². The molecule has 13 atom stereocenters. The van der Waals surface area contributed by atoms with Gasteiger partial charge in [-0.25, -0.2) is 0 Å². The molecule has 190 valence electrons. The quantitative estimate of drug-likeness (QED) is 0.480. The standard InChI is InChI=1S/C28H42O6/c1-14-11-21(33-25(32)15(14)2)16(3)18-5-6-19-17-12-24-28(34-24)23(31)8-7-22(30)27(28,13-29)20(17)9-10-26(18,19)4/h14-21,23-24,29,31H,5-13H2,1-4H3/t14-,15+,16-,17-,18+,19-,20-,21+,23-,24+,26+,27-,28+/m0/s1. The summed E-state index contributed by atoms with van der Waals surface area (Å²) in [6.45, 7) is 8.67. The summed E-state index contributed by atoms with van der Waals surface area (Å²) in [7, 11) is 0. The minimum atomic E-state index is -0.937. The van der Waals surface area contributed by atoms with Crippen LogP contribution in [0.1, 0.15) is 79.1 Å². The Hall–Kier alpha value is -0.980. The molecule has 6 aliphatic rings. The van der Waals surface area contributed by atoms with Crippen molar-refractivity contribution in [2.45, 2.75) is 103 Å². The van der Waals surface area contributed by atoms with E-state index in [-0.39, 0.29) is 47.8 Å². The molecule has 2 aliphatic heterocycles. The highest BCUT2D eigenvalue weighted by atomic mass is 16.6. The number of ketones is 1. The Morgan fingerprint density at radius 1 is 1.09 bits per heavy atom. The molecule has 0 amide bonds. The number of esters is 1. The molecular formula is C28H42O6. The molecule has 2 N–H and O–H groups in total. The van der Waals surface area contributed by atoms with Gasteiger partial charge < -0.3 is 19.7 Å². The van der Waals surface area contributed by atoms with E-state index in [0.29, 0.717) is 42.4 Å². The van der Waals surface area contributed by atoms with E-state index in [2.05, 4.69) is 20.8 Å². The summed E-state index contributed by atoms with van der Waals surface area (Å²) < 4.78 is 12.2. The van der Waals surface area contributed by atoms with Crippen LogP contribution in [0.3, 0.4) is 0 Å². The van der Waals surface area contributed by atoms with Gasteiger partial charge in [0.1, 0.15) is 17.5 Å². The minimum Gasteiger partial charge on any atom is -0.462 e. The van der Waals surface area contributed by atoms with E-state index >= 15 is 0 Å². The second kappa shape index (κ2) is 7.52. The molecule has 34 heavy (non-hydrogen) atoms. The van der Waals surface area contributed by atoms with E-state index in [0.717, 1.165) is 38.5 Å². The molecule has 4 saturated carbocycles. The molecule has 2 heterocycles. The van der Waals surface area contributed by atoms with Crippen LogP contribution < -0.4 is 0 Å². The SMILES string of the molecule is C[C@@H]([C@H]1CC[C@H]2[C@@H]3C[C@H]4O[C@]45[C@@H](O)CCC(=O)[C@]5(CO)[C@H]3CC[C@]12C)[C@H]1C[C@H](C)[C@@H](C)C(=O)O1. The fourth-order valence-corrected chi connectivity index (χ4v) is 10.2. The highest BCUT2D eigenvalue weighted by molar-refractivity contribution is 5.89. The summed E-state index contributed by atoms with van der Waals surface area (Å²) >= 11 is 0. The summed E-state index contributed by atoms with van der Waals surface area (Å²) in [6.07, 6.45) is 6.02. The van der Waals surface area contributed by atoms with Gasteiger partial charge in [0.15, 0.2) is 0 Å². The van der Waals surface area contributed by atoms with Crippen LogP contribution in [0.2, 0.25) is 0 Å². The van der Waals surface area contributed by atoms with Crippen LogP contribution in [0.4, 0.5) is 0 Å². The highest BCUT2D eigenvalue weighted by Gasteiger charge is 2.82. The first-order valence-electron chi connectivity index (χ1n) is 13.8. The van der Waals surface area contributed by atoms with Gasteiger partial charge in [-0.1, -0.05) is 27.7 Å². The average Bonchev–Trinajstić information content (AvgIpc) is 3.44. The van der Waals surface area contributed by atoms with Crippen molar-refractivity contribution in [1.82, 2.24) is 0 Å². The van der Waals surface area contributed by atoms with Crippen LogP contribution in [0, 0.1) is 52.3 Å². The number of ether oxygens (including phenoxy) is 2. The molecule has 2 saturated heterocycles. The lowest BCUT2D eigenvalue weighted by Crippen LogP contribution is -2.67. The van der Waals surface area contributed by atoms with Gasteiger partial charge in [-0.15, -0.1) is 0 Å². The molecule has 0 aromatic carbocycles. The lowest BCUT2D eigenvalue weighted by molar-refractivity contribution is -0.179. The molecule has 0 unspecified atom stereocenters. The maximum atomic E-state index is 13.5. The van der Waals surface area contributed by atoms with Crippen LogP contribution in [0.15, 0.2) is 0 Å². The fraction of sp³-hybridized carbons (Fsp3) is 0.929. The Balaban J connectivity index is 1.28. The monoisotopic (exact) mass is 474 g/mol. The van der Waals surface area contributed by atoms with Gasteiger partial charge in [-0.3, -0.25) is 9.59 Å². The van der Waals surface area contributed by atoms with Crippen molar-refractivity contribution in [2.75, 3.05) is 6.61 Å². The molecule has 6 fully saturated rings. The summed E-state index contributed by atoms with van der Waals surface area (Å²) in [6, 6.07) is 0. The minimum absolute atomic E-state index is 0.0124. The highest BCUT2D eigenvalue weighted by Crippen LogP contribution is 2.73. The predicted octanol–water partition coefficient (Wildman–Crippen LogP) is 3.51. The number of hydrogen-bond donors (Lipinski definition) is 2. The molecule has 0 bridgehead atoms. The molecule has 0 radical (unpaired) electrons. The van der Waals surface area contributed by atoms with E-state index in [4.69, 9.17) is 9.47 Å². The largest absolute Gasteiger partial charge is 0.462 e. The van der Waals surface area contributed by atoms with Gasteiger partial charge in [0.25, 0.3) is 0 Å². The van der Waals surface area contributed by atoms with Gasteiger partial charge in [0, 0.05) is 6.42 Å². The zero-order chi connectivity index (χ0) is 24.2. The first-order valence-corrected chi connectivity index (χ1v) is 13.8. The summed E-state index contributed by atoms with van der Waals surface area (Å²) in [5.41, 5.74) is -1.64. The molecule has 6 rings (SSSR count). The van der Waals surface area contributed by atoms with E-state index in [1.807, 2.05) is 6.92 Å².